The predicted octanol–water partition coefficient (Wildman–Crippen LogP) is 3.44. The van der Waals surface area contributed by atoms with E-state index < -0.39 is 6.10 Å². The van der Waals surface area contributed by atoms with E-state index in [1.165, 1.54) is 0 Å². The highest BCUT2D eigenvalue weighted by molar-refractivity contribution is 6.35. The number of hydrogen-bond donors (Lipinski definition) is 2. The Balaban J connectivity index is 2.01. The first kappa shape index (κ1) is 19.5. The predicted molar refractivity (Wildman–Crippen MR) is 98.6 cm³/mol. The van der Waals surface area contributed by atoms with Crippen molar-refractivity contribution < 1.29 is 9.90 Å². The van der Waals surface area contributed by atoms with Gasteiger partial charge in [-0.3, -0.25) is 9.69 Å². The molecule has 2 rings (SSSR count). The number of nitrogens with one attached hydrogen (secondary N) is 1. The lowest BCUT2D eigenvalue weighted by molar-refractivity contribution is -0.123. The normalized spacial score (nSPS) is 20.3. The van der Waals surface area contributed by atoms with E-state index in [1.54, 1.807) is 6.07 Å². The van der Waals surface area contributed by atoms with Crippen LogP contribution in [0.25, 0.3) is 0 Å². The van der Waals surface area contributed by atoms with Crippen molar-refractivity contribution in [1.29, 1.82) is 0 Å². The maximum Gasteiger partial charge on any atom is 0.234 e. The molecule has 0 saturated heterocycles. The van der Waals surface area contributed by atoms with Crippen LogP contribution in [0.15, 0.2) is 12.1 Å². The monoisotopic (exact) mass is 372 g/mol. The molecule has 0 saturated carbocycles. The van der Waals surface area contributed by atoms with Gasteiger partial charge >= 0.3 is 0 Å². The Hall–Kier alpha value is -0.810. The molecule has 0 bridgehead atoms. The fourth-order valence-electron chi connectivity index (χ4n) is 3.12. The summed E-state index contributed by atoms with van der Waals surface area (Å²) in [6, 6.07) is 3.25. The zero-order valence-corrected chi connectivity index (χ0v) is 16.2. The van der Waals surface area contributed by atoms with Crippen molar-refractivity contribution in [3.63, 3.8) is 0 Å². The van der Waals surface area contributed by atoms with Crippen LogP contribution in [-0.2, 0) is 11.2 Å². The largest absolute Gasteiger partial charge is 0.391 e. The molecule has 1 aliphatic carbocycles. The van der Waals surface area contributed by atoms with Crippen LogP contribution in [0.1, 0.15) is 44.4 Å². The Labute approximate surface area is 154 Å². The van der Waals surface area contributed by atoms with Crippen molar-refractivity contribution in [3.05, 3.63) is 33.3 Å². The third kappa shape index (κ3) is 4.85. The number of amides is 1. The summed E-state index contributed by atoms with van der Waals surface area (Å²) in [5.74, 6) is -0.0458. The van der Waals surface area contributed by atoms with E-state index in [4.69, 9.17) is 23.2 Å². The van der Waals surface area contributed by atoms with Crippen LogP contribution in [-0.4, -0.2) is 42.2 Å². The van der Waals surface area contributed by atoms with Gasteiger partial charge in [0.1, 0.15) is 0 Å². The Morgan fingerprint density at radius 2 is 2.04 bits per heavy atom. The first-order chi connectivity index (χ1) is 11.1. The number of hydrogen-bond acceptors (Lipinski definition) is 3. The number of aliphatic hydroxyl groups is 1. The van der Waals surface area contributed by atoms with Gasteiger partial charge < -0.3 is 10.4 Å². The Kier molecular flexibility index (Phi) is 6.19. The second-order valence-corrected chi connectivity index (χ2v) is 8.59. The maximum atomic E-state index is 12.2. The lowest BCUT2D eigenvalue weighted by atomic mass is 9.92. The van der Waals surface area contributed by atoms with Gasteiger partial charge in [-0.05, 0) is 42.1 Å². The lowest BCUT2D eigenvalue weighted by Crippen LogP contribution is -2.40. The number of aliphatic hydroxyl groups excluding tert-OH is 1. The Morgan fingerprint density at radius 3 is 2.67 bits per heavy atom. The van der Waals surface area contributed by atoms with E-state index in [-0.39, 0.29) is 23.9 Å². The molecule has 0 spiro atoms. The minimum atomic E-state index is -0.594. The van der Waals surface area contributed by atoms with Crippen molar-refractivity contribution in [2.45, 2.75) is 45.8 Å². The molecule has 0 radical (unpaired) electrons. The summed E-state index contributed by atoms with van der Waals surface area (Å²) in [7, 11) is 1.83. The number of carbonyl (C=O) groups excluding carboxylic acids is 1. The number of carbonyl (C=O) groups is 1. The summed E-state index contributed by atoms with van der Waals surface area (Å²) in [4.78, 5) is 14.0. The van der Waals surface area contributed by atoms with Crippen LogP contribution < -0.4 is 5.32 Å². The first-order valence-electron chi connectivity index (χ1n) is 8.21. The summed E-state index contributed by atoms with van der Waals surface area (Å²) >= 11 is 12.3. The fourth-order valence-corrected chi connectivity index (χ4v) is 3.71. The van der Waals surface area contributed by atoms with Gasteiger partial charge in [-0.15, -0.1) is 0 Å². The van der Waals surface area contributed by atoms with E-state index in [2.05, 4.69) is 26.1 Å². The van der Waals surface area contributed by atoms with Crippen LogP contribution in [0, 0.1) is 5.41 Å². The molecule has 4 nitrogen and oxygen atoms in total. The van der Waals surface area contributed by atoms with Crippen LogP contribution in [0.3, 0.4) is 0 Å². The fraction of sp³-hybridized carbons (Fsp3) is 0.611. The molecule has 1 aromatic carbocycles. The molecule has 1 aromatic rings. The van der Waals surface area contributed by atoms with Crippen molar-refractivity contribution in [1.82, 2.24) is 10.2 Å². The smallest absolute Gasteiger partial charge is 0.234 e. The Morgan fingerprint density at radius 1 is 1.38 bits per heavy atom. The third-order valence-corrected chi connectivity index (χ3v) is 4.91. The highest BCUT2D eigenvalue weighted by atomic mass is 35.5. The second kappa shape index (κ2) is 7.61. The van der Waals surface area contributed by atoms with Crippen LogP contribution in [0.2, 0.25) is 10.0 Å². The zero-order valence-electron chi connectivity index (χ0n) is 14.7. The molecule has 0 aliphatic heterocycles. The number of rotatable bonds is 5. The molecular weight excluding hydrogens is 347 g/mol. The van der Waals surface area contributed by atoms with Gasteiger partial charge in [0.15, 0.2) is 0 Å². The molecule has 1 amide bonds. The Bertz CT molecular complexity index is 614. The summed E-state index contributed by atoms with van der Waals surface area (Å²) in [5, 5.41) is 14.5. The molecule has 6 heteroatoms. The van der Waals surface area contributed by atoms with E-state index in [1.807, 2.05) is 18.0 Å². The lowest BCUT2D eigenvalue weighted by Gasteiger charge is -2.27. The summed E-state index contributed by atoms with van der Waals surface area (Å²) in [6.45, 7) is 7.30. The summed E-state index contributed by atoms with van der Waals surface area (Å²) < 4.78 is 0. The quantitative estimate of drug-likeness (QED) is 0.832. The van der Waals surface area contributed by atoms with Crippen molar-refractivity contribution in [2.75, 3.05) is 20.1 Å². The standard InChI is InChI=1S/C18H26Cl2N2O2/c1-18(2,3)5-6-21-16(24)10-22(4)17-13-7-11(19)8-14(20)12(13)9-15(17)23/h7-8,15,17,23H,5-6,9-10H2,1-4H3,(H,21,24). The highest BCUT2D eigenvalue weighted by Crippen LogP contribution is 2.40. The molecule has 2 unspecified atom stereocenters. The van der Waals surface area contributed by atoms with Gasteiger partial charge in [-0.1, -0.05) is 44.0 Å². The second-order valence-electron chi connectivity index (χ2n) is 7.75. The topological polar surface area (TPSA) is 52.6 Å². The van der Waals surface area contributed by atoms with Gasteiger partial charge in [0.25, 0.3) is 0 Å². The minimum Gasteiger partial charge on any atom is -0.391 e. The summed E-state index contributed by atoms with van der Waals surface area (Å²) in [6.07, 6.45) is 0.803. The van der Waals surface area contributed by atoms with E-state index in [9.17, 15) is 9.90 Å². The van der Waals surface area contributed by atoms with Gasteiger partial charge in [0, 0.05) is 23.0 Å². The highest BCUT2D eigenvalue weighted by Gasteiger charge is 2.36. The third-order valence-electron chi connectivity index (χ3n) is 4.36. The molecule has 0 aromatic heterocycles. The average Bonchev–Trinajstić information content (AvgIpc) is 2.73. The molecule has 1 aliphatic rings. The van der Waals surface area contributed by atoms with Gasteiger partial charge in [-0.25, -0.2) is 0 Å². The molecule has 2 N–H and O–H groups in total. The average molecular weight is 373 g/mol. The maximum absolute atomic E-state index is 12.2. The molecule has 134 valence electrons. The van der Waals surface area contributed by atoms with Gasteiger partial charge in [-0.2, -0.15) is 0 Å². The zero-order chi connectivity index (χ0) is 18.1. The van der Waals surface area contributed by atoms with E-state index >= 15 is 0 Å². The van der Waals surface area contributed by atoms with E-state index in [0.29, 0.717) is 23.0 Å². The van der Waals surface area contributed by atoms with Crippen molar-refractivity contribution >= 4 is 29.1 Å². The molecule has 0 fully saturated rings. The number of fused-ring (bicyclic) bond motifs is 1. The van der Waals surface area contributed by atoms with E-state index in [0.717, 1.165) is 17.5 Å². The van der Waals surface area contributed by atoms with Gasteiger partial charge in [0.2, 0.25) is 5.91 Å². The number of nitrogens with zero attached hydrogens (tertiary/aromatic N) is 1. The molecule has 2 atom stereocenters. The minimum absolute atomic E-state index is 0.0458. The van der Waals surface area contributed by atoms with Gasteiger partial charge in [0.05, 0.1) is 18.7 Å². The molecule has 24 heavy (non-hydrogen) atoms. The first-order valence-corrected chi connectivity index (χ1v) is 8.97. The number of halogens is 2. The number of benzene rings is 1. The number of likely N-dealkylation sites (N-methyl/N-ethyl adjacent to an activating group) is 1. The SMILES string of the molecule is CN(CC(=O)NCCC(C)(C)C)C1c2cc(Cl)cc(Cl)c2CC1O. The van der Waals surface area contributed by atoms with Crippen LogP contribution in [0.4, 0.5) is 0 Å². The van der Waals surface area contributed by atoms with Crippen LogP contribution >= 0.6 is 23.2 Å². The molecule has 0 heterocycles. The van der Waals surface area contributed by atoms with Crippen molar-refractivity contribution in [3.8, 4) is 0 Å². The summed E-state index contributed by atoms with van der Waals surface area (Å²) in [5.41, 5.74) is 2.01. The van der Waals surface area contributed by atoms with Crippen molar-refractivity contribution in [2.24, 2.45) is 5.41 Å². The molecular formula is C18H26Cl2N2O2. The van der Waals surface area contributed by atoms with Crippen LogP contribution in [0.5, 0.6) is 0 Å².